The van der Waals surface area contributed by atoms with E-state index in [0.29, 0.717) is 12.3 Å². The van der Waals surface area contributed by atoms with Crippen LogP contribution in [0.1, 0.15) is 35.7 Å². The zero-order valence-corrected chi connectivity index (χ0v) is 18.1. The summed E-state index contributed by atoms with van der Waals surface area (Å²) in [4.78, 5) is 15.4. The number of carbonyl (C=O) groups excluding carboxylic acids is 1. The zero-order chi connectivity index (χ0) is 22.2. The van der Waals surface area contributed by atoms with E-state index in [0.717, 1.165) is 16.9 Å². The molecule has 0 aromatic heterocycles. The van der Waals surface area contributed by atoms with E-state index in [1.165, 1.54) is 17.7 Å². The van der Waals surface area contributed by atoms with Gasteiger partial charge in [0, 0.05) is 11.6 Å². The van der Waals surface area contributed by atoms with Gasteiger partial charge >= 0.3 is 0 Å². The zero-order valence-electron chi connectivity index (χ0n) is 18.1. The number of amides is 1. The number of hydrogen-bond acceptors (Lipinski definition) is 4. The predicted octanol–water partition coefficient (Wildman–Crippen LogP) is 4.45. The summed E-state index contributed by atoms with van der Waals surface area (Å²) in [5.74, 6) is 0.398. The van der Waals surface area contributed by atoms with Crippen LogP contribution in [0.3, 0.4) is 0 Å². The SMILES string of the molecule is CCOc1ccc(C2C3C(NNC3c3ccc(C)cc3)C(=O)N2c2ccc(F)cc2)cc1. The summed E-state index contributed by atoms with van der Waals surface area (Å²) in [5, 5.41) is 0. The summed E-state index contributed by atoms with van der Waals surface area (Å²) in [5.41, 5.74) is 10.6. The highest BCUT2D eigenvalue weighted by Crippen LogP contribution is 2.49. The maximum absolute atomic E-state index is 13.6. The average Bonchev–Trinajstić information content (AvgIpc) is 3.35. The Balaban J connectivity index is 1.59. The standard InChI is InChI=1S/C26H26FN3O2/c1-3-32-21-14-8-18(9-15-21)25-22-23(17-6-4-16(2)5-7-17)28-29-24(22)26(31)30(25)20-12-10-19(27)11-13-20/h4-15,22-25,28-29H,3H2,1-2H3. The lowest BCUT2D eigenvalue weighted by molar-refractivity contribution is -0.119. The molecule has 3 aromatic carbocycles. The number of rotatable bonds is 5. The molecule has 6 heteroatoms. The van der Waals surface area contributed by atoms with Crippen molar-refractivity contribution in [2.45, 2.75) is 32.0 Å². The topological polar surface area (TPSA) is 53.6 Å². The van der Waals surface area contributed by atoms with Gasteiger partial charge in [-0.1, -0.05) is 42.0 Å². The minimum absolute atomic E-state index is 0.0254. The number of carbonyl (C=O) groups is 1. The van der Waals surface area contributed by atoms with E-state index in [4.69, 9.17) is 4.74 Å². The van der Waals surface area contributed by atoms with Crippen molar-refractivity contribution in [1.82, 2.24) is 10.9 Å². The van der Waals surface area contributed by atoms with Gasteiger partial charge in [0.05, 0.1) is 18.7 Å². The van der Waals surface area contributed by atoms with Gasteiger partial charge in [0.2, 0.25) is 5.91 Å². The lowest BCUT2D eigenvalue weighted by Crippen LogP contribution is -2.41. The first-order valence-corrected chi connectivity index (χ1v) is 11.0. The minimum atomic E-state index is -0.386. The van der Waals surface area contributed by atoms with E-state index in [-0.39, 0.29) is 35.8 Å². The van der Waals surface area contributed by atoms with Crippen LogP contribution < -0.4 is 20.5 Å². The maximum atomic E-state index is 13.6. The van der Waals surface area contributed by atoms with Crippen molar-refractivity contribution in [3.8, 4) is 5.75 Å². The smallest absolute Gasteiger partial charge is 0.246 e. The molecule has 2 saturated heterocycles. The number of benzene rings is 3. The summed E-state index contributed by atoms with van der Waals surface area (Å²) in [6, 6.07) is 21.8. The second kappa shape index (κ2) is 8.37. The first-order valence-electron chi connectivity index (χ1n) is 11.0. The van der Waals surface area contributed by atoms with E-state index < -0.39 is 0 Å². The highest BCUT2D eigenvalue weighted by Gasteiger charge is 2.55. The number of halogens is 1. The molecule has 2 aliphatic heterocycles. The number of nitrogens with zero attached hydrogens (tertiary/aromatic N) is 1. The van der Waals surface area contributed by atoms with Crippen molar-refractivity contribution in [1.29, 1.82) is 0 Å². The number of anilines is 1. The van der Waals surface area contributed by atoms with Crippen molar-refractivity contribution in [3.63, 3.8) is 0 Å². The molecule has 2 heterocycles. The number of aryl methyl sites for hydroxylation is 1. The number of nitrogens with one attached hydrogen (secondary N) is 2. The third kappa shape index (κ3) is 3.55. The second-order valence-electron chi connectivity index (χ2n) is 8.36. The van der Waals surface area contributed by atoms with Crippen LogP contribution in [0.2, 0.25) is 0 Å². The number of hydrazine groups is 1. The van der Waals surface area contributed by atoms with E-state index in [2.05, 4.69) is 42.0 Å². The van der Waals surface area contributed by atoms with E-state index in [1.54, 1.807) is 17.0 Å². The number of hydrogen-bond donors (Lipinski definition) is 2. The fourth-order valence-corrected chi connectivity index (χ4v) is 4.88. The van der Waals surface area contributed by atoms with Gasteiger partial charge in [0.25, 0.3) is 0 Å². The quantitative estimate of drug-likeness (QED) is 0.627. The molecule has 0 saturated carbocycles. The number of fused-ring (bicyclic) bond motifs is 1. The molecule has 4 unspecified atom stereocenters. The Hall–Kier alpha value is -3.22. The van der Waals surface area contributed by atoms with Crippen LogP contribution in [-0.2, 0) is 4.79 Å². The molecule has 32 heavy (non-hydrogen) atoms. The molecule has 0 radical (unpaired) electrons. The Labute approximate surface area is 187 Å². The van der Waals surface area contributed by atoms with Crippen LogP contribution in [-0.4, -0.2) is 18.6 Å². The highest BCUT2D eigenvalue weighted by atomic mass is 19.1. The number of ether oxygens (including phenoxy) is 1. The fourth-order valence-electron chi connectivity index (χ4n) is 4.88. The normalized spacial score (nSPS) is 24.6. The van der Waals surface area contributed by atoms with Crippen molar-refractivity contribution >= 4 is 11.6 Å². The van der Waals surface area contributed by atoms with Crippen LogP contribution in [0.15, 0.2) is 72.8 Å². The molecule has 3 aromatic rings. The summed E-state index contributed by atoms with van der Waals surface area (Å²) in [6.07, 6.45) is 0. The van der Waals surface area contributed by atoms with Gasteiger partial charge in [0.15, 0.2) is 0 Å². The van der Waals surface area contributed by atoms with Crippen LogP contribution in [0.25, 0.3) is 0 Å². The van der Waals surface area contributed by atoms with Crippen LogP contribution in [0, 0.1) is 18.7 Å². The molecule has 1 amide bonds. The van der Waals surface area contributed by atoms with Crippen molar-refractivity contribution < 1.29 is 13.9 Å². The molecule has 0 bridgehead atoms. The van der Waals surface area contributed by atoms with E-state index in [1.807, 2.05) is 31.2 Å². The summed E-state index contributed by atoms with van der Waals surface area (Å²) in [7, 11) is 0. The Morgan fingerprint density at radius 3 is 2.16 bits per heavy atom. The van der Waals surface area contributed by atoms with Gasteiger partial charge in [-0.05, 0) is 61.4 Å². The van der Waals surface area contributed by atoms with Gasteiger partial charge in [-0.15, -0.1) is 0 Å². The molecule has 2 N–H and O–H groups in total. The van der Waals surface area contributed by atoms with Crippen LogP contribution in [0.4, 0.5) is 10.1 Å². The molecule has 4 atom stereocenters. The van der Waals surface area contributed by atoms with Gasteiger partial charge in [-0.25, -0.2) is 15.2 Å². The predicted molar refractivity (Wildman–Crippen MR) is 122 cm³/mol. The molecule has 2 aliphatic rings. The van der Waals surface area contributed by atoms with E-state index >= 15 is 0 Å². The van der Waals surface area contributed by atoms with Crippen LogP contribution in [0.5, 0.6) is 5.75 Å². The van der Waals surface area contributed by atoms with Crippen LogP contribution >= 0.6 is 0 Å². The maximum Gasteiger partial charge on any atom is 0.246 e. The lowest BCUT2D eigenvalue weighted by atomic mass is 9.83. The third-order valence-electron chi connectivity index (χ3n) is 6.38. The van der Waals surface area contributed by atoms with Gasteiger partial charge in [0.1, 0.15) is 17.6 Å². The molecule has 0 spiro atoms. The van der Waals surface area contributed by atoms with Crippen molar-refractivity contribution in [3.05, 3.63) is 95.3 Å². The molecular weight excluding hydrogens is 405 g/mol. The van der Waals surface area contributed by atoms with Crippen molar-refractivity contribution in [2.75, 3.05) is 11.5 Å². The summed E-state index contributed by atoms with van der Waals surface area (Å²) in [6.45, 7) is 4.61. The molecule has 2 fully saturated rings. The minimum Gasteiger partial charge on any atom is -0.494 e. The highest BCUT2D eigenvalue weighted by molar-refractivity contribution is 6.01. The first kappa shape index (κ1) is 20.7. The monoisotopic (exact) mass is 431 g/mol. The van der Waals surface area contributed by atoms with E-state index in [9.17, 15) is 9.18 Å². The van der Waals surface area contributed by atoms with Gasteiger partial charge < -0.3 is 9.64 Å². The van der Waals surface area contributed by atoms with Gasteiger partial charge in [-0.3, -0.25) is 4.79 Å². The van der Waals surface area contributed by atoms with Crippen molar-refractivity contribution in [2.24, 2.45) is 5.92 Å². The third-order valence-corrected chi connectivity index (χ3v) is 6.38. The molecule has 164 valence electrons. The molecule has 5 rings (SSSR count). The molecular formula is C26H26FN3O2. The molecule has 5 nitrogen and oxygen atoms in total. The largest absolute Gasteiger partial charge is 0.494 e. The second-order valence-corrected chi connectivity index (χ2v) is 8.36. The lowest BCUT2D eigenvalue weighted by Gasteiger charge is -2.31. The summed E-state index contributed by atoms with van der Waals surface area (Å²) < 4.78 is 19.2. The Kier molecular flexibility index (Phi) is 5.41. The molecule has 0 aliphatic carbocycles. The Morgan fingerprint density at radius 1 is 0.875 bits per heavy atom. The first-order chi connectivity index (χ1) is 15.6. The Bertz CT molecular complexity index is 1100. The fraction of sp³-hybridized carbons (Fsp3) is 0.269. The Morgan fingerprint density at radius 2 is 1.50 bits per heavy atom. The average molecular weight is 432 g/mol. The summed E-state index contributed by atoms with van der Waals surface area (Å²) >= 11 is 0. The van der Waals surface area contributed by atoms with Gasteiger partial charge in [-0.2, -0.15) is 0 Å².